The highest BCUT2D eigenvalue weighted by Gasteiger charge is 2.08. The van der Waals surface area contributed by atoms with Crippen molar-refractivity contribution >= 4 is 0 Å². The largest absolute Gasteiger partial charge is 0.0654 e. The van der Waals surface area contributed by atoms with Gasteiger partial charge < -0.3 is 0 Å². The Morgan fingerprint density at radius 3 is 1.05 bits per heavy atom. The number of unbranched alkanes of at least 4 members (excludes halogenated alkanes) is 15. The molecule has 0 atom stereocenters. The molecule has 0 aromatic carbocycles. The van der Waals surface area contributed by atoms with Crippen molar-refractivity contribution in [2.75, 3.05) is 0 Å². The third kappa shape index (κ3) is 20.0. The van der Waals surface area contributed by atoms with E-state index in [1.165, 1.54) is 109 Å². The van der Waals surface area contributed by atoms with Crippen molar-refractivity contribution in [1.29, 1.82) is 0 Å². The molecule has 22 heavy (non-hydrogen) atoms. The summed E-state index contributed by atoms with van der Waals surface area (Å²) in [7, 11) is 0. The lowest BCUT2D eigenvalue weighted by Gasteiger charge is -2.17. The molecule has 0 amide bonds. The molecule has 0 heterocycles. The van der Waals surface area contributed by atoms with E-state index in [9.17, 15) is 0 Å². The van der Waals surface area contributed by atoms with E-state index in [1.54, 1.807) is 0 Å². The molecule has 0 aromatic heterocycles. The van der Waals surface area contributed by atoms with Crippen molar-refractivity contribution in [2.24, 2.45) is 5.41 Å². The van der Waals surface area contributed by atoms with Gasteiger partial charge in [-0.25, -0.2) is 0 Å². The fraction of sp³-hybridized carbons (Fsp3) is 0.955. The first-order valence-corrected chi connectivity index (χ1v) is 10.4. The monoisotopic (exact) mass is 309 g/mol. The lowest BCUT2D eigenvalue weighted by atomic mass is 9.89. The van der Waals surface area contributed by atoms with Gasteiger partial charge in [-0.05, 0) is 18.8 Å². The molecule has 0 spiro atoms. The van der Waals surface area contributed by atoms with Crippen LogP contribution in [-0.4, -0.2) is 0 Å². The third-order valence-electron chi connectivity index (χ3n) is 4.71. The molecular formula is C22H45. The first-order chi connectivity index (χ1) is 10.6. The van der Waals surface area contributed by atoms with Gasteiger partial charge in [0.1, 0.15) is 0 Å². The van der Waals surface area contributed by atoms with Gasteiger partial charge in [-0.1, -0.05) is 124 Å². The summed E-state index contributed by atoms with van der Waals surface area (Å²) in [6.45, 7) is 11.0. The van der Waals surface area contributed by atoms with Gasteiger partial charge in [0.2, 0.25) is 0 Å². The Morgan fingerprint density at radius 1 is 0.500 bits per heavy atom. The predicted molar refractivity (Wildman–Crippen MR) is 103 cm³/mol. The average Bonchev–Trinajstić information content (AvgIpc) is 2.45. The Kier molecular flexibility index (Phi) is 15.9. The maximum Gasteiger partial charge on any atom is -0.0354 e. The molecule has 0 bridgehead atoms. The van der Waals surface area contributed by atoms with Crippen molar-refractivity contribution in [3.63, 3.8) is 0 Å². The van der Waals surface area contributed by atoms with Crippen molar-refractivity contribution in [2.45, 2.75) is 130 Å². The smallest absolute Gasteiger partial charge is 0.0354 e. The number of hydrogen-bond donors (Lipinski definition) is 0. The van der Waals surface area contributed by atoms with Gasteiger partial charge in [-0.15, -0.1) is 0 Å². The maximum absolute atomic E-state index is 4.18. The van der Waals surface area contributed by atoms with Crippen molar-refractivity contribution in [3.05, 3.63) is 6.92 Å². The maximum atomic E-state index is 4.18. The van der Waals surface area contributed by atoms with Gasteiger partial charge in [0, 0.05) is 0 Å². The summed E-state index contributed by atoms with van der Waals surface area (Å²) >= 11 is 0. The van der Waals surface area contributed by atoms with Gasteiger partial charge in [-0.3, -0.25) is 0 Å². The van der Waals surface area contributed by atoms with Crippen LogP contribution in [0.15, 0.2) is 0 Å². The standard InChI is InChI=1S/C22H45/c1-5-6-7-8-9-10-11-12-13-14-15-16-17-18-19-20-21-22(2,3)4/h2,5-21H2,1,3-4H3. The molecule has 0 aliphatic rings. The van der Waals surface area contributed by atoms with Crippen LogP contribution >= 0.6 is 0 Å². The number of hydrogen-bond acceptors (Lipinski definition) is 0. The van der Waals surface area contributed by atoms with Crippen LogP contribution in [0, 0.1) is 12.3 Å². The molecule has 0 aromatic rings. The van der Waals surface area contributed by atoms with E-state index in [1.807, 2.05) is 0 Å². The van der Waals surface area contributed by atoms with E-state index in [0.717, 1.165) is 0 Å². The van der Waals surface area contributed by atoms with E-state index in [-0.39, 0.29) is 5.41 Å². The zero-order valence-corrected chi connectivity index (χ0v) is 16.2. The summed E-state index contributed by atoms with van der Waals surface area (Å²) in [5.41, 5.74) is 0.288. The molecule has 1 radical (unpaired) electrons. The zero-order valence-electron chi connectivity index (χ0n) is 16.2. The molecule has 0 aliphatic heterocycles. The summed E-state index contributed by atoms with van der Waals surface area (Å²) in [5, 5.41) is 0. The van der Waals surface area contributed by atoms with Gasteiger partial charge in [0.15, 0.2) is 0 Å². The van der Waals surface area contributed by atoms with Crippen LogP contribution in [0.2, 0.25) is 0 Å². The summed E-state index contributed by atoms with van der Waals surface area (Å²) in [5.74, 6) is 0. The van der Waals surface area contributed by atoms with E-state index < -0.39 is 0 Å². The quantitative estimate of drug-likeness (QED) is 0.236. The molecular weight excluding hydrogens is 264 g/mol. The first kappa shape index (κ1) is 22.0. The molecule has 133 valence electrons. The van der Waals surface area contributed by atoms with Crippen LogP contribution in [-0.2, 0) is 0 Å². The van der Waals surface area contributed by atoms with Crippen LogP contribution in [0.3, 0.4) is 0 Å². The van der Waals surface area contributed by atoms with Gasteiger partial charge in [0.05, 0.1) is 0 Å². The lowest BCUT2D eigenvalue weighted by molar-refractivity contribution is 0.403. The molecule has 0 saturated carbocycles. The normalized spacial score (nSPS) is 12.0. The first-order valence-electron chi connectivity index (χ1n) is 10.4. The Labute approximate surface area is 142 Å². The Bertz CT molecular complexity index is 199. The molecule has 0 N–H and O–H groups in total. The molecule has 0 unspecified atom stereocenters. The van der Waals surface area contributed by atoms with Crippen molar-refractivity contribution < 1.29 is 0 Å². The third-order valence-corrected chi connectivity index (χ3v) is 4.71. The summed E-state index contributed by atoms with van der Waals surface area (Å²) < 4.78 is 0. The lowest BCUT2D eigenvalue weighted by Crippen LogP contribution is -2.04. The van der Waals surface area contributed by atoms with E-state index in [0.29, 0.717) is 0 Å². The topological polar surface area (TPSA) is 0 Å². The van der Waals surface area contributed by atoms with E-state index >= 15 is 0 Å². The second kappa shape index (κ2) is 15.9. The minimum absolute atomic E-state index is 0.288. The summed E-state index contributed by atoms with van der Waals surface area (Å²) in [6.07, 6.45) is 24.5. The molecule has 0 fully saturated rings. The van der Waals surface area contributed by atoms with Crippen LogP contribution in [0.1, 0.15) is 130 Å². The zero-order chi connectivity index (χ0) is 16.5. The number of rotatable bonds is 17. The highest BCUT2D eigenvalue weighted by molar-refractivity contribution is 4.69. The summed E-state index contributed by atoms with van der Waals surface area (Å²) in [6, 6.07) is 0. The highest BCUT2D eigenvalue weighted by Crippen LogP contribution is 2.22. The van der Waals surface area contributed by atoms with Crippen LogP contribution in [0.4, 0.5) is 0 Å². The van der Waals surface area contributed by atoms with Crippen molar-refractivity contribution in [1.82, 2.24) is 0 Å². The Hall–Kier alpha value is 0. The van der Waals surface area contributed by atoms with Gasteiger partial charge in [0.25, 0.3) is 0 Å². The predicted octanol–water partition coefficient (Wildman–Crippen LogP) is 8.50. The Morgan fingerprint density at radius 2 is 0.773 bits per heavy atom. The minimum Gasteiger partial charge on any atom is -0.0654 e. The van der Waals surface area contributed by atoms with E-state index in [2.05, 4.69) is 27.7 Å². The van der Waals surface area contributed by atoms with Crippen LogP contribution in [0.25, 0.3) is 0 Å². The Balaban J connectivity index is 3.00. The van der Waals surface area contributed by atoms with Crippen LogP contribution < -0.4 is 0 Å². The SMILES string of the molecule is [CH2]C(C)(C)CCCCCCCCCCCCCCCCCC. The van der Waals surface area contributed by atoms with Gasteiger partial charge in [-0.2, -0.15) is 0 Å². The highest BCUT2D eigenvalue weighted by atomic mass is 14.1. The summed E-state index contributed by atoms with van der Waals surface area (Å²) in [4.78, 5) is 0. The fourth-order valence-corrected chi connectivity index (χ4v) is 3.15. The second-order valence-corrected chi connectivity index (χ2v) is 8.22. The van der Waals surface area contributed by atoms with E-state index in [4.69, 9.17) is 0 Å². The fourth-order valence-electron chi connectivity index (χ4n) is 3.15. The average molecular weight is 310 g/mol. The van der Waals surface area contributed by atoms with Gasteiger partial charge >= 0.3 is 0 Å². The molecule has 0 rings (SSSR count). The van der Waals surface area contributed by atoms with Crippen LogP contribution in [0.5, 0.6) is 0 Å². The molecule has 0 heteroatoms. The second-order valence-electron chi connectivity index (χ2n) is 8.22. The van der Waals surface area contributed by atoms with Crippen molar-refractivity contribution in [3.8, 4) is 0 Å². The molecule has 0 aliphatic carbocycles. The molecule has 0 nitrogen and oxygen atoms in total. The molecule has 0 saturated heterocycles. The minimum atomic E-state index is 0.288.